The smallest absolute Gasteiger partial charge is 0.303 e. The van der Waals surface area contributed by atoms with Crippen LogP contribution in [0.25, 0.3) is 0 Å². The number of hydrogen-bond acceptors (Lipinski definition) is 4. The minimum absolute atomic E-state index is 0.111. The summed E-state index contributed by atoms with van der Waals surface area (Å²) in [6.07, 6.45) is 5.12. The van der Waals surface area contributed by atoms with E-state index in [0.717, 1.165) is 64.0 Å². The third-order valence-electron chi connectivity index (χ3n) is 7.94. The Morgan fingerprint density at radius 2 is 1.87 bits per heavy atom. The van der Waals surface area contributed by atoms with E-state index in [9.17, 15) is 19.5 Å². The number of likely N-dealkylation sites (tertiary alicyclic amines) is 2. The molecule has 4 atom stereocenters. The molecule has 1 saturated carbocycles. The molecule has 1 N–H and O–H groups in total. The average molecular weight is 428 g/mol. The SMILES string of the molecule is O=C(O)C[C@@H]1CCN(C(=O)C2CC2)C[C@H]1CCN1C[C@H]2C[C@H](C1)c1cccc(=O)n1C2. The Hall–Kier alpha value is -2.15. The molecule has 31 heavy (non-hydrogen) atoms. The van der Waals surface area contributed by atoms with Gasteiger partial charge in [-0.3, -0.25) is 14.4 Å². The van der Waals surface area contributed by atoms with E-state index < -0.39 is 5.97 Å². The van der Waals surface area contributed by atoms with Gasteiger partial charge >= 0.3 is 5.97 Å². The van der Waals surface area contributed by atoms with Crippen LogP contribution in [-0.4, -0.2) is 64.1 Å². The third kappa shape index (κ3) is 4.43. The zero-order chi connectivity index (χ0) is 21.5. The first kappa shape index (κ1) is 20.7. The summed E-state index contributed by atoms with van der Waals surface area (Å²) in [7, 11) is 0. The lowest BCUT2D eigenvalue weighted by Crippen LogP contribution is -2.49. The van der Waals surface area contributed by atoms with E-state index >= 15 is 0 Å². The molecule has 1 amide bonds. The highest BCUT2D eigenvalue weighted by atomic mass is 16.4. The maximum absolute atomic E-state index is 12.6. The number of nitrogens with zero attached hydrogens (tertiary/aromatic N) is 3. The van der Waals surface area contributed by atoms with E-state index in [4.69, 9.17) is 0 Å². The van der Waals surface area contributed by atoms with Gasteiger partial charge in [0, 0.05) is 62.7 Å². The molecule has 3 aliphatic heterocycles. The van der Waals surface area contributed by atoms with Crippen molar-refractivity contribution in [2.45, 2.75) is 51.0 Å². The van der Waals surface area contributed by atoms with Crippen LogP contribution in [0.15, 0.2) is 23.0 Å². The molecule has 5 rings (SSSR count). The summed E-state index contributed by atoms with van der Waals surface area (Å²) >= 11 is 0. The maximum Gasteiger partial charge on any atom is 0.303 e. The molecule has 4 aliphatic rings. The van der Waals surface area contributed by atoms with Gasteiger partial charge in [-0.2, -0.15) is 0 Å². The summed E-state index contributed by atoms with van der Waals surface area (Å²) in [5.41, 5.74) is 1.27. The van der Waals surface area contributed by atoms with Crippen molar-refractivity contribution in [3.05, 3.63) is 34.2 Å². The zero-order valence-electron chi connectivity index (χ0n) is 18.1. The number of aromatic nitrogens is 1. The van der Waals surface area contributed by atoms with E-state index in [0.29, 0.717) is 24.9 Å². The second-order valence-corrected chi connectivity index (χ2v) is 10.2. The number of pyridine rings is 1. The molecule has 0 unspecified atom stereocenters. The monoisotopic (exact) mass is 427 g/mol. The first-order valence-electron chi connectivity index (χ1n) is 11.9. The lowest BCUT2D eigenvalue weighted by atomic mass is 9.80. The van der Waals surface area contributed by atoms with Crippen molar-refractivity contribution in [2.24, 2.45) is 23.7 Å². The van der Waals surface area contributed by atoms with Crippen molar-refractivity contribution in [1.29, 1.82) is 0 Å². The Morgan fingerprint density at radius 1 is 1.03 bits per heavy atom. The number of carbonyl (C=O) groups is 2. The van der Waals surface area contributed by atoms with Crippen molar-refractivity contribution in [3.63, 3.8) is 0 Å². The minimum atomic E-state index is -0.730. The Kier molecular flexibility index (Phi) is 5.63. The first-order chi connectivity index (χ1) is 15.0. The van der Waals surface area contributed by atoms with E-state index in [1.54, 1.807) is 6.07 Å². The standard InChI is InChI=1S/C24H33N3O4/c28-22-3-1-2-21-20-10-16(13-27(21)22)12-25(14-20)8-6-19-15-26(24(31)17-4-5-17)9-7-18(19)11-23(29)30/h1-3,16-20H,4-15H2,(H,29,30)/t16-,18+,19-,20-/m1/s1. The number of amides is 1. The summed E-state index contributed by atoms with van der Waals surface area (Å²) in [4.78, 5) is 40.8. The Balaban J connectivity index is 1.23. The van der Waals surface area contributed by atoms with Gasteiger partial charge in [0.25, 0.3) is 5.56 Å². The molecule has 7 heteroatoms. The predicted molar refractivity (Wildman–Crippen MR) is 116 cm³/mol. The fourth-order valence-electron chi connectivity index (χ4n) is 6.22. The van der Waals surface area contributed by atoms with E-state index in [2.05, 4.69) is 11.0 Å². The highest BCUT2D eigenvalue weighted by molar-refractivity contribution is 5.81. The average Bonchev–Trinajstić information content (AvgIpc) is 3.58. The molecular weight excluding hydrogens is 394 g/mol. The second-order valence-electron chi connectivity index (χ2n) is 10.2. The Bertz CT molecular complexity index is 908. The molecule has 0 radical (unpaired) electrons. The summed E-state index contributed by atoms with van der Waals surface area (Å²) in [5, 5.41) is 9.38. The van der Waals surface area contributed by atoms with Gasteiger partial charge in [-0.15, -0.1) is 0 Å². The molecule has 2 saturated heterocycles. The van der Waals surface area contributed by atoms with Crippen LogP contribution in [0.3, 0.4) is 0 Å². The van der Waals surface area contributed by atoms with Gasteiger partial charge in [0.2, 0.25) is 5.91 Å². The van der Waals surface area contributed by atoms with Crippen LogP contribution in [0.5, 0.6) is 0 Å². The molecular formula is C24H33N3O4. The van der Waals surface area contributed by atoms with E-state index in [-0.39, 0.29) is 35.6 Å². The number of rotatable bonds is 6. The quantitative estimate of drug-likeness (QED) is 0.751. The zero-order valence-corrected chi connectivity index (χ0v) is 18.1. The van der Waals surface area contributed by atoms with Gasteiger partial charge in [-0.1, -0.05) is 6.07 Å². The summed E-state index contributed by atoms with van der Waals surface area (Å²) < 4.78 is 1.96. The van der Waals surface area contributed by atoms with Gasteiger partial charge in [0.05, 0.1) is 0 Å². The fourth-order valence-corrected chi connectivity index (χ4v) is 6.22. The Morgan fingerprint density at radius 3 is 2.65 bits per heavy atom. The second kappa shape index (κ2) is 8.41. The van der Waals surface area contributed by atoms with Crippen LogP contribution in [0.1, 0.15) is 50.1 Å². The van der Waals surface area contributed by atoms with Crippen molar-refractivity contribution in [1.82, 2.24) is 14.4 Å². The number of piperidine rings is 2. The number of carboxylic acid groups (broad SMARTS) is 1. The molecule has 0 aromatic carbocycles. The minimum Gasteiger partial charge on any atom is -0.481 e. The fraction of sp³-hybridized carbons (Fsp3) is 0.708. The maximum atomic E-state index is 12.6. The normalized spacial score (nSPS) is 30.6. The molecule has 1 aromatic heterocycles. The van der Waals surface area contributed by atoms with Crippen molar-refractivity contribution in [2.75, 3.05) is 32.7 Å². The molecule has 0 spiro atoms. The van der Waals surface area contributed by atoms with Crippen LogP contribution in [-0.2, 0) is 16.1 Å². The molecule has 168 valence electrons. The van der Waals surface area contributed by atoms with E-state index in [1.807, 2.05) is 15.5 Å². The van der Waals surface area contributed by atoms with Gasteiger partial charge in [0.15, 0.2) is 0 Å². The molecule has 1 aromatic rings. The van der Waals surface area contributed by atoms with Gasteiger partial charge < -0.3 is 19.5 Å². The molecule has 4 heterocycles. The highest BCUT2D eigenvalue weighted by Gasteiger charge is 2.39. The first-order valence-corrected chi connectivity index (χ1v) is 11.9. The van der Waals surface area contributed by atoms with Gasteiger partial charge in [-0.25, -0.2) is 0 Å². The lowest BCUT2D eigenvalue weighted by Gasteiger charge is -2.44. The largest absolute Gasteiger partial charge is 0.481 e. The number of carboxylic acids is 1. The van der Waals surface area contributed by atoms with Crippen LogP contribution < -0.4 is 5.56 Å². The van der Waals surface area contributed by atoms with Gasteiger partial charge in [0.1, 0.15) is 0 Å². The number of aliphatic carboxylic acids is 1. The van der Waals surface area contributed by atoms with Crippen LogP contribution in [0.4, 0.5) is 0 Å². The topological polar surface area (TPSA) is 82.8 Å². The number of fused-ring (bicyclic) bond motifs is 4. The van der Waals surface area contributed by atoms with Crippen molar-refractivity contribution >= 4 is 11.9 Å². The van der Waals surface area contributed by atoms with Crippen molar-refractivity contribution in [3.8, 4) is 0 Å². The van der Waals surface area contributed by atoms with Crippen LogP contribution in [0.2, 0.25) is 0 Å². The van der Waals surface area contributed by atoms with Crippen LogP contribution >= 0.6 is 0 Å². The number of carbonyl (C=O) groups excluding carboxylic acids is 1. The summed E-state index contributed by atoms with van der Waals surface area (Å²) in [5.74, 6) is 1.09. The molecule has 1 aliphatic carbocycles. The molecule has 2 bridgehead atoms. The summed E-state index contributed by atoms with van der Waals surface area (Å²) in [6, 6.07) is 5.62. The lowest BCUT2D eigenvalue weighted by molar-refractivity contribution is -0.140. The molecule has 7 nitrogen and oxygen atoms in total. The highest BCUT2D eigenvalue weighted by Crippen LogP contribution is 2.37. The summed E-state index contributed by atoms with van der Waals surface area (Å²) in [6.45, 7) is 5.13. The van der Waals surface area contributed by atoms with Crippen LogP contribution in [0, 0.1) is 23.7 Å². The van der Waals surface area contributed by atoms with E-state index in [1.165, 1.54) is 0 Å². The van der Waals surface area contributed by atoms with Crippen molar-refractivity contribution < 1.29 is 14.7 Å². The van der Waals surface area contributed by atoms with Gasteiger partial charge in [-0.05, 0) is 62.5 Å². The third-order valence-corrected chi connectivity index (χ3v) is 7.94. The number of hydrogen-bond donors (Lipinski definition) is 1. The molecule has 3 fully saturated rings. The Labute approximate surface area is 183 Å². The predicted octanol–water partition coefficient (Wildman–Crippen LogP) is 2.01.